The lowest BCUT2D eigenvalue weighted by atomic mass is 10.1. The van der Waals surface area contributed by atoms with Gasteiger partial charge in [-0.05, 0) is 13.8 Å². The lowest BCUT2D eigenvalue weighted by Gasteiger charge is -2.24. The summed E-state index contributed by atoms with van der Waals surface area (Å²) in [6.07, 6.45) is -2.86. The Bertz CT molecular complexity index is 665. The normalized spacial score (nSPS) is 15.7. The van der Waals surface area contributed by atoms with Crippen LogP contribution in [0, 0.1) is 0 Å². The zero-order chi connectivity index (χ0) is 22.9. The van der Waals surface area contributed by atoms with E-state index in [-0.39, 0.29) is 0 Å². The minimum absolute atomic E-state index is 0.638. The van der Waals surface area contributed by atoms with Crippen LogP contribution in [0.3, 0.4) is 0 Å². The Labute approximate surface area is 165 Å². The molecule has 0 saturated carbocycles. The van der Waals surface area contributed by atoms with Crippen LogP contribution >= 0.6 is 0 Å². The summed E-state index contributed by atoms with van der Waals surface area (Å²) < 4.78 is 0. The zero-order valence-corrected chi connectivity index (χ0v) is 15.9. The highest BCUT2D eigenvalue weighted by molar-refractivity contribution is 5.97. The summed E-state index contributed by atoms with van der Waals surface area (Å²) in [4.78, 5) is 69.9. The molecule has 0 rings (SSSR count). The lowest BCUT2D eigenvalue weighted by molar-refractivity contribution is -0.145. The van der Waals surface area contributed by atoms with Crippen molar-refractivity contribution in [2.45, 2.75) is 57.0 Å². The number of carboxylic acids is 1. The van der Waals surface area contributed by atoms with Crippen LogP contribution in [0.15, 0.2) is 0 Å². The van der Waals surface area contributed by atoms with Crippen LogP contribution in [-0.4, -0.2) is 76.0 Å². The number of nitrogens with two attached hydrogens (primary N) is 3. The molecule has 5 amide bonds. The molecule has 0 radical (unpaired) electrons. The molecule has 0 aromatic carbocycles. The Balaban J connectivity index is 5.48. The van der Waals surface area contributed by atoms with Crippen molar-refractivity contribution in [2.24, 2.45) is 17.2 Å². The van der Waals surface area contributed by atoms with Gasteiger partial charge in [-0.25, -0.2) is 4.79 Å². The van der Waals surface area contributed by atoms with E-state index in [1.54, 1.807) is 0 Å². The summed E-state index contributed by atoms with van der Waals surface area (Å²) in [5, 5.41) is 24.7. The smallest absolute Gasteiger partial charge is 0.328 e. The van der Waals surface area contributed by atoms with E-state index in [0.29, 0.717) is 0 Å². The van der Waals surface area contributed by atoms with Gasteiger partial charge < -0.3 is 43.4 Å². The van der Waals surface area contributed by atoms with E-state index >= 15 is 0 Å². The number of primary amides is 2. The van der Waals surface area contributed by atoms with Crippen LogP contribution in [-0.2, 0) is 28.8 Å². The second-order valence-corrected chi connectivity index (χ2v) is 6.32. The number of carboxylic acid groups (broad SMARTS) is 1. The predicted molar refractivity (Wildman–Crippen MR) is 96.4 cm³/mol. The summed E-state index contributed by atoms with van der Waals surface area (Å²) in [5.74, 6) is -6.52. The van der Waals surface area contributed by atoms with Gasteiger partial charge >= 0.3 is 5.97 Å². The van der Waals surface area contributed by atoms with E-state index in [1.807, 2.05) is 5.32 Å². The molecule has 0 bridgehead atoms. The fraction of sp³-hybridized carbons (Fsp3) is 0.600. The summed E-state index contributed by atoms with van der Waals surface area (Å²) >= 11 is 0. The van der Waals surface area contributed by atoms with Gasteiger partial charge in [0, 0.05) is 0 Å². The van der Waals surface area contributed by atoms with E-state index in [1.165, 1.54) is 6.92 Å². The third-order valence-electron chi connectivity index (χ3n) is 3.54. The van der Waals surface area contributed by atoms with Crippen molar-refractivity contribution in [2.75, 3.05) is 0 Å². The number of aliphatic carboxylic acids is 1. The number of rotatable bonds is 12. The summed E-state index contributed by atoms with van der Waals surface area (Å²) in [6, 6.07) is -5.91. The maximum Gasteiger partial charge on any atom is 0.328 e. The molecule has 0 spiro atoms. The van der Waals surface area contributed by atoms with Gasteiger partial charge in [-0.1, -0.05) is 0 Å². The molecule has 0 fully saturated rings. The quantitative estimate of drug-likeness (QED) is 0.151. The molecule has 0 aliphatic rings. The van der Waals surface area contributed by atoms with Gasteiger partial charge in [-0.3, -0.25) is 24.0 Å². The van der Waals surface area contributed by atoms with Crippen molar-refractivity contribution >= 4 is 35.5 Å². The average molecular weight is 418 g/mol. The van der Waals surface area contributed by atoms with Gasteiger partial charge in [0.1, 0.15) is 12.1 Å². The molecular formula is C15H26N6O8. The zero-order valence-electron chi connectivity index (χ0n) is 15.9. The van der Waals surface area contributed by atoms with Gasteiger partial charge in [-0.2, -0.15) is 0 Å². The highest BCUT2D eigenvalue weighted by Crippen LogP contribution is 2.01. The number of carbonyl (C=O) groups is 6. The molecule has 11 N–H and O–H groups in total. The molecule has 14 heteroatoms. The molecule has 0 aromatic rings. The van der Waals surface area contributed by atoms with Crippen molar-refractivity contribution in [1.82, 2.24) is 16.0 Å². The monoisotopic (exact) mass is 418 g/mol. The third-order valence-corrected chi connectivity index (χ3v) is 3.54. The lowest BCUT2D eigenvalue weighted by Crippen LogP contribution is -2.59. The van der Waals surface area contributed by atoms with Gasteiger partial charge in [0.15, 0.2) is 6.04 Å². The molecule has 0 aliphatic carbocycles. The van der Waals surface area contributed by atoms with Crippen LogP contribution < -0.4 is 33.2 Å². The topological polar surface area (TPSA) is 257 Å². The van der Waals surface area contributed by atoms with E-state index < -0.39 is 78.6 Å². The summed E-state index contributed by atoms with van der Waals surface area (Å²) in [5.41, 5.74) is 15.5. The number of aliphatic hydroxyl groups is 1. The van der Waals surface area contributed by atoms with Crippen molar-refractivity contribution in [1.29, 1.82) is 0 Å². The highest BCUT2D eigenvalue weighted by atomic mass is 16.4. The van der Waals surface area contributed by atoms with Gasteiger partial charge in [0.05, 0.1) is 25.0 Å². The molecule has 0 aromatic heterocycles. The first-order valence-electron chi connectivity index (χ1n) is 8.40. The van der Waals surface area contributed by atoms with Crippen molar-refractivity contribution in [3.8, 4) is 0 Å². The second-order valence-electron chi connectivity index (χ2n) is 6.32. The SMILES string of the molecule is CC(N)C(=O)NC(CC(N)=O)C(=O)NC(CC(N)=O)C(=O)NC(C(=O)O)C(C)O. The van der Waals surface area contributed by atoms with Crippen molar-refractivity contribution < 1.29 is 39.0 Å². The first kappa shape index (κ1) is 25.7. The minimum atomic E-state index is -1.73. The summed E-state index contributed by atoms with van der Waals surface area (Å²) in [7, 11) is 0. The number of hydrogen-bond acceptors (Lipinski definition) is 8. The minimum Gasteiger partial charge on any atom is -0.480 e. The number of amides is 5. The Hall–Kier alpha value is -3.26. The standard InChI is InChI=1S/C15H26N6O8/c1-5(16)12(25)19-7(3-9(17)23)13(26)20-8(4-10(18)24)14(27)21-11(6(2)22)15(28)29/h5-8,11,22H,3-4,16H2,1-2H3,(H2,17,23)(H2,18,24)(H,19,25)(H,20,26)(H,21,27)(H,28,29). The molecule has 0 heterocycles. The fourth-order valence-electron chi connectivity index (χ4n) is 2.04. The largest absolute Gasteiger partial charge is 0.480 e. The van der Waals surface area contributed by atoms with Crippen LogP contribution in [0.5, 0.6) is 0 Å². The van der Waals surface area contributed by atoms with Crippen molar-refractivity contribution in [3.05, 3.63) is 0 Å². The Kier molecular flexibility index (Phi) is 10.3. The van der Waals surface area contributed by atoms with Crippen LogP contribution in [0.4, 0.5) is 0 Å². The van der Waals surface area contributed by atoms with Crippen LogP contribution in [0.2, 0.25) is 0 Å². The van der Waals surface area contributed by atoms with E-state index in [4.69, 9.17) is 22.3 Å². The van der Waals surface area contributed by atoms with Gasteiger partial charge in [0.2, 0.25) is 29.5 Å². The molecule has 0 aliphatic heterocycles. The molecule has 164 valence electrons. The van der Waals surface area contributed by atoms with Crippen LogP contribution in [0.25, 0.3) is 0 Å². The fourth-order valence-corrected chi connectivity index (χ4v) is 2.04. The summed E-state index contributed by atoms with van der Waals surface area (Å²) in [6.45, 7) is 2.42. The maximum absolute atomic E-state index is 12.4. The molecule has 5 atom stereocenters. The first-order valence-corrected chi connectivity index (χ1v) is 8.40. The number of nitrogens with one attached hydrogen (secondary N) is 3. The maximum atomic E-state index is 12.4. The third kappa shape index (κ3) is 9.48. The van der Waals surface area contributed by atoms with E-state index in [2.05, 4.69) is 10.6 Å². The predicted octanol–water partition coefficient (Wildman–Crippen LogP) is -5.00. The van der Waals surface area contributed by atoms with E-state index in [0.717, 1.165) is 6.92 Å². The first-order chi connectivity index (χ1) is 13.3. The Morgan fingerprint density at radius 2 is 1.17 bits per heavy atom. The van der Waals surface area contributed by atoms with E-state index in [9.17, 15) is 33.9 Å². The molecule has 29 heavy (non-hydrogen) atoms. The number of aliphatic hydroxyl groups excluding tert-OH is 1. The molecule has 5 unspecified atom stereocenters. The van der Waals surface area contributed by atoms with Gasteiger partial charge in [-0.15, -0.1) is 0 Å². The Morgan fingerprint density at radius 1 is 0.793 bits per heavy atom. The molecular weight excluding hydrogens is 392 g/mol. The molecule has 0 saturated heterocycles. The average Bonchev–Trinajstić information content (AvgIpc) is 2.56. The molecule has 14 nitrogen and oxygen atoms in total. The van der Waals surface area contributed by atoms with Crippen LogP contribution in [0.1, 0.15) is 26.7 Å². The number of carbonyl (C=O) groups excluding carboxylic acids is 5. The second kappa shape index (κ2) is 11.6. The van der Waals surface area contributed by atoms with Gasteiger partial charge in [0.25, 0.3) is 0 Å². The van der Waals surface area contributed by atoms with Crippen molar-refractivity contribution in [3.63, 3.8) is 0 Å². The Morgan fingerprint density at radius 3 is 1.48 bits per heavy atom. The highest BCUT2D eigenvalue weighted by Gasteiger charge is 2.32. The number of hydrogen-bond donors (Lipinski definition) is 8.